The zero-order valence-electron chi connectivity index (χ0n) is 59.5. The minimum absolute atomic E-state index is 0.107. The molecule has 8 rings (SSSR count). The molecule has 0 atom stereocenters. The van der Waals surface area contributed by atoms with Crippen LogP contribution in [0.4, 0.5) is 30.6 Å². The molecule has 2 aromatic heterocycles. The number of aromatic nitrogens is 2. The number of sulfonamides is 2. The number of ether oxygens (including phenoxy) is 4. The van der Waals surface area contributed by atoms with E-state index in [2.05, 4.69) is 30.0 Å². The number of benzene rings is 4. The molecular formula is C71H97N9O15S4. The molecule has 0 bridgehead atoms. The Morgan fingerprint density at radius 2 is 0.919 bits per heavy atom. The number of carboxylic acids is 1. The zero-order chi connectivity index (χ0) is 73.6. The number of hydrogen-bond acceptors (Lipinski definition) is 19. The standard InChI is InChI=1S/C36H48N4O7S2.C24H30N4O4S2.C11H19NO4/c1-23(2)46-33(42)38-27-13-11-26(12-14-27)32-37-22-30(48-32)28-15-9-24(21-31(28)49(44,45)39-35(3,4)5)10-16-29(41)25-17-19-40(20-18-25)34(43)47-36(6,7)8;1-15(2)32-23(29)27-18-9-7-17(8-10-18)22-26-14-20(33-22)19-11-6-16(13-25)12-21(19)34(30,31)28-24(3,4)5;1-11(2,3)16-10(15)12-6-4-8(5-7-12)9(13)14/h9,11-15,21-23,25,39H,10,16-20H2,1-8H3,(H,38,42);6-12,14-15,28H,13,25H2,1-5H3,(H,27,29);8H,4-7H2,1-3H3,(H,13,14). The quantitative estimate of drug-likeness (QED) is 0.0435. The molecular weight excluding hydrogens is 1350 g/mol. The molecule has 4 heterocycles. The van der Waals surface area contributed by atoms with Crippen LogP contribution in [0, 0.1) is 11.8 Å². The van der Waals surface area contributed by atoms with E-state index in [-0.39, 0.29) is 64.8 Å². The maximum Gasteiger partial charge on any atom is 0.411 e. The smallest absolute Gasteiger partial charge is 0.411 e. The van der Waals surface area contributed by atoms with Crippen molar-refractivity contribution in [1.82, 2.24) is 29.2 Å². The first-order valence-electron chi connectivity index (χ1n) is 32.8. The average Bonchev–Trinajstić information content (AvgIpc) is 1.78. The van der Waals surface area contributed by atoms with Crippen LogP contribution in [0.5, 0.6) is 0 Å². The lowest BCUT2D eigenvalue weighted by Crippen LogP contribution is -2.43. The van der Waals surface area contributed by atoms with Crippen LogP contribution in [0.2, 0.25) is 0 Å². The number of hydrogen-bond donors (Lipinski definition) is 6. The summed E-state index contributed by atoms with van der Waals surface area (Å²) in [5.74, 6) is -1.14. The van der Waals surface area contributed by atoms with Crippen molar-refractivity contribution in [3.05, 3.63) is 108 Å². The Hall–Kier alpha value is -7.86. The Morgan fingerprint density at radius 1 is 0.556 bits per heavy atom. The van der Waals surface area contributed by atoms with Gasteiger partial charge in [0.2, 0.25) is 20.0 Å². The van der Waals surface area contributed by atoms with E-state index in [1.165, 1.54) is 22.7 Å². The number of likely N-dealkylation sites (tertiary alicyclic amines) is 2. The van der Waals surface area contributed by atoms with Gasteiger partial charge >= 0.3 is 30.3 Å². The van der Waals surface area contributed by atoms with Gasteiger partial charge in [-0.15, -0.1) is 22.7 Å². The van der Waals surface area contributed by atoms with Crippen molar-refractivity contribution in [2.75, 3.05) is 36.8 Å². The van der Waals surface area contributed by atoms with Crippen LogP contribution in [0.25, 0.3) is 42.0 Å². The van der Waals surface area contributed by atoms with Crippen LogP contribution in [0.15, 0.2) is 107 Å². The van der Waals surface area contributed by atoms with Gasteiger partial charge in [-0.1, -0.05) is 24.3 Å². The van der Waals surface area contributed by atoms with Crippen molar-refractivity contribution in [2.24, 2.45) is 17.6 Å². The summed E-state index contributed by atoms with van der Waals surface area (Å²) in [6, 6.07) is 24.8. The Balaban J connectivity index is 0.000000265. The van der Waals surface area contributed by atoms with Crippen LogP contribution in [0.1, 0.15) is 154 Å². The van der Waals surface area contributed by atoms with Gasteiger partial charge in [0, 0.05) is 102 Å². The molecule has 0 unspecified atom stereocenters. The molecule has 28 heteroatoms. The topological polar surface area (TPSA) is 334 Å². The predicted molar refractivity (Wildman–Crippen MR) is 387 cm³/mol. The van der Waals surface area contributed by atoms with Crippen LogP contribution in [-0.4, -0.2) is 139 Å². The second-order valence-electron chi connectivity index (χ2n) is 28.7. The normalized spacial score (nSPS) is 14.3. The molecule has 0 aliphatic carbocycles. The minimum atomic E-state index is -3.94. The number of carbonyl (C=O) groups is 6. The first kappa shape index (κ1) is 80.1. The number of carbonyl (C=O) groups excluding carboxylic acids is 5. The number of piperidine rings is 2. The van der Waals surface area contributed by atoms with Gasteiger partial charge < -0.3 is 39.6 Å². The van der Waals surface area contributed by atoms with E-state index in [1.54, 1.807) is 140 Å². The zero-order valence-corrected chi connectivity index (χ0v) is 62.8. The molecule has 2 aliphatic heterocycles. The van der Waals surface area contributed by atoms with Crippen LogP contribution in [-0.2, 0) is 61.5 Å². The molecule has 7 N–H and O–H groups in total. The van der Waals surface area contributed by atoms with Crippen molar-refractivity contribution in [3.63, 3.8) is 0 Å². The van der Waals surface area contributed by atoms with Gasteiger partial charge in [-0.25, -0.2) is 55.4 Å². The van der Waals surface area contributed by atoms with Gasteiger partial charge in [0.15, 0.2) is 0 Å². The van der Waals surface area contributed by atoms with E-state index in [0.717, 1.165) is 32.1 Å². The third kappa shape index (κ3) is 25.7. The summed E-state index contributed by atoms with van der Waals surface area (Å²) in [6.07, 6.45) is 3.94. The van der Waals surface area contributed by atoms with Gasteiger partial charge in [0.1, 0.15) is 27.0 Å². The first-order valence-corrected chi connectivity index (χ1v) is 37.4. The van der Waals surface area contributed by atoms with Crippen molar-refractivity contribution >= 4 is 90.2 Å². The Kier molecular flexibility index (Phi) is 27.5. The number of amides is 4. The SMILES string of the molecule is CC(C)(C)OC(=O)N1CCC(C(=O)O)CC1.CC(C)OC(=O)Nc1ccc(-c2ncc(-c3ccc(CCC(=O)C4CCN(C(=O)OC(C)(C)C)CC4)cc3S(=O)(=O)NC(C)(C)C)s2)cc1.CC(C)OC(=O)Nc1ccc(-c2ncc(-c3ccc(CN)cc3S(=O)(=O)NC(C)(C)C)s2)cc1. The van der Waals surface area contributed by atoms with Gasteiger partial charge in [-0.3, -0.25) is 20.2 Å². The molecule has 2 fully saturated rings. The third-order valence-corrected chi connectivity index (χ3v) is 20.3. The Bertz CT molecular complexity index is 4000. The maximum absolute atomic E-state index is 13.7. The Labute approximate surface area is 590 Å². The van der Waals surface area contributed by atoms with E-state index >= 15 is 0 Å². The molecule has 2 saturated heterocycles. The van der Waals surface area contributed by atoms with Gasteiger partial charge in [-0.05, 0) is 215 Å². The number of aliphatic carboxylic acids is 1. The van der Waals surface area contributed by atoms with Crippen molar-refractivity contribution in [1.29, 1.82) is 0 Å². The van der Waals surface area contributed by atoms with Crippen LogP contribution < -0.4 is 25.8 Å². The summed E-state index contributed by atoms with van der Waals surface area (Å²) in [7, 11) is -7.73. The van der Waals surface area contributed by atoms with E-state index in [0.29, 0.717) is 90.7 Å². The molecule has 0 spiro atoms. The highest BCUT2D eigenvalue weighted by Gasteiger charge is 2.33. The first-order chi connectivity index (χ1) is 46.0. The largest absolute Gasteiger partial charge is 0.481 e. The summed E-state index contributed by atoms with van der Waals surface area (Å²) in [5.41, 5.74) is 8.71. The van der Waals surface area contributed by atoms with Crippen molar-refractivity contribution in [3.8, 4) is 42.0 Å². The number of aryl methyl sites for hydroxylation is 1. The summed E-state index contributed by atoms with van der Waals surface area (Å²) in [6.45, 7) is 30.9. The number of nitrogens with zero attached hydrogens (tertiary/aromatic N) is 4. The fraction of sp³-hybridized carbons (Fsp3) is 0.493. The van der Waals surface area contributed by atoms with Gasteiger partial charge in [-0.2, -0.15) is 0 Å². The molecule has 6 aromatic rings. The number of thiazole rings is 2. The fourth-order valence-electron chi connectivity index (χ4n) is 10.2. The molecule has 540 valence electrons. The molecule has 0 radical (unpaired) electrons. The molecule has 24 nitrogen and oxygen atoms in total. The van der Waals surface area contributed by atoms with E-state index in [1.807, 2.05) is 77.9 Å². The average molecular weight is 1440 g/mol. The molecule has 4 amide bonds. The van der Waals surface area contributed by atoms with Gasteiger partial charge in [0.25, 0.3) is 0 Å². The molecule has 4 aromatic carbocycles. The number of anilines is 2. The van der Waals surface area contributed by atoms with E-state index < -0.39 is 60.5 Å². The second kappa shape index (κ2) is 34.0. The summed E-state index contributed by atoms with van der Waals surface area (Å²) in [5, 5.41) is 15.6. The summed E-state index contributed by atoms with van der Waals surface area (Å²) >= 11 is 2.74. The monoisotopic (exact) mass is 1440 g/mol. The lowest BCUT2D eigenvalue weighted by molar-refractivity contribution is -0.143. The number of carboxylic acid groups (broad SMARTS) is 1. The van der Waals surface area contributed by atoms with E-state index in [4.69, 9.17) is 29.8 Å². The summed E-state index contributed by atoms with van der Waals surface area (Å²) < 4.78 is 80.2. The number of nitrogens with one attached hydrogen (secondary N) is 4. The van der Waals surface area contributed by atoms with Crippen LogP contribution in [0.3, 0.4) is 0 Å². The Morgan fingerprint density at radius 3 is 1.26 bits per heavy atom. The fourth-order valence-corrected chi connectivity index (χ4v) is 15.6. The predicted octanol–water partition coefficient (Wildman–Crippen LogP) is 14.3. The number of ketones is 1. The number of Topliss-reactive ketones (excluding diaryl/α,β-unsaturated/α-hetero) is 1. The highest BCUT2D eigenvalue weighted by Crippen LogP contribution is 2.39. The second-order valence-corrected chi connectivity index (χ2v) is 34.1. The highest BCUT2D eigenvalue weighted by atomic mass is 32.2. The molecule has 2 aliphatic rings. The number of rotatable bonds is 18. The van der Waals surface area contributed by atoms with Crippen LogP contribution >= 0.6 is 22.7 Å². The molecule has 99 heavy (non-hydrogen) atoms. The lowest BCUT2D eigenvalue weighted by atomic mass is 9.89. The summed E-state index contributed by atoms with van der Waals surface area (Å²) in [4.78, 5) is 85.7. The van der Waals surface area contributed by atoms with Crippen molar-refractivity contribution in [2.45, 2.75) is 200 Å². The van der Waals surface area contributed by atoms with E-state index in [9.17, 15) is 45.6 Å². The number of nitrogens with two attached hydrogens (primary N) is 1. The third-order valence-electron chi connectivity index (χ3n) is 14.5. The van der Waals surface area contributed by atoms with Crippen molar-refractivity contribution < 1.29 is 69.7 Å². The lowest BCUT2D eigenvalue weighted by Gasteiger charge is -2.33. The maximum atomic E-state index is 13.7. The highest BCUT2D eigenvalue weighted by molar-refractivity contribution is 7.90. The minimum Gasteiger partial charge on any atom is -0.481 e. The molecule has 0 saturated carbocycles. The van der Waals surface area contributed by atoms with Gasteiger partial charge in [0.05, 0.1) is 37.7 Å².